The molecule has 1 rings (SSSR count). The Morgan fingerprint density at radius 1 is 1.22 bits per heavy atom. The quantitative estimate of drug-likeness (QED) is 0.819. The van der Waals surface area contributed by atoms with Gasteiger partial charge in [0, 0.05) is 0 Å². The molecule has 1 atom stereocenters. The first kappa shape index (κ1) is 16.9. The van der Waals surface area contributed by atoms with E-state index in [1.54, 1.807) is 6.92 Å². The molecule has 18 heavy (non-hydrogen) atoms. The lowest BCUT2D eigenvalue weighted by Crippen LogP contribution is -2.12. The third kappa shape index (κ3) is 11.4. The zero-order valence-electron chi connectivity index (χ0n) is 11.0. The van der Waals surface area contributed by atoms with Crippen molar-refractivity contribution in [3.63, 3.8) is 0 Å². The highest BCUT2D eigenvalue weighted by atomic mass is 32.2. The Morgan fingerprint density at radius 3 is 1.94 bits per heavy atom. The number of hydrogen-bond donors (Lipinski definition) is 2. The molecule has 6 heteroatoms. The molecular weight excluding hydrogens is 256 g/mol. The van der Waals surface area contributed by atoms with Crippen LogP contribution in [0.3, 0.4) is 0 Å². The van der Waals surface area contributed by atoms with Gasteiger partial charge in [-0.05, 0) is 44.0 Å². The molecule has 0 amide bonds. The summed E-state index contributed by atoms with van der Waals surface area (Å²) in [4.78, 5) is 0. The number of aliphatic hydroxyl groups is 1. The number of aliphatic hydroxyl groups excluding tert-OH is 1. The van der Waals surface area contributed by atoms with Crippen LogP contribution in [0, 0.1) is 13.8 Å². The SMILES string of the molecule is CS(=O)(=O)O.Cc1cc(C)cc(OCC(C)O)c1. The van der Waals surface area contributed by atoms with Crippen LogP contribution in [-0.4, -0.2) is 37.0 Å². The van der Waals surface area contributed by atoms with Crippen LogP contribution in [0.15, 0.2) is 18.2 Å². The molecule has 0 spiro atoms. The van der Waals surface area contributed by atoms with Gasteiger partial charge in [-0.15, -0.1) is 0 Å². The Labute approximate surface area is 108 Å². The summed E-state index contributed by atoms with van der Waals surface area (Å²) in [5, 5.41) is 9.03. The van der Waals surface area contributed by atoms with Crippen molar-refractivity contribution >= 4 is 10.1 Å². The molecule has 2 N–H and O–H groups in total. The third-order valence-corrected chi connectivity index (χ3v) is 1.69. The van der Waals surface area contributed by atoms with Crippen LogP contribution in [0.4, 0.5) is 0 Å². The maximum absolute atomic E-state index is 9.19. The molecule has 0 saturated heterocycles. The van der Waals surface area contributed by atoms with E-state index in [2.05, 4.69) is 6.07 Å². The molecule has 104 valence electrons. The Morgan fingerprint density at radius 2 is 1.61 bits per heavy atom. The fourth-order valence-corrected chi connectivity index (χ4v) is 1.23. The highest BCUT2D eigenvalue weighted by Gasteiger charge is 1.99. The first-order chi connectivity index (χ1) is 8.08. The monoisotopic (exact) mass is 276 g/mol. The van der Waals surface area contributed by atoms with E-state index in [-0.39, 0.29) is 0 Å². The Kier molecular flexibility index (Phi) is 6.90. The van der Waals surface area contributed by atoms with Crippen molar-refractivity contribution < 1.29 is 22.8 Å². The predicted molar refractivity (Wildman–Crippen MR) is 70.6 cm³/mol. The topological polar surface area (TPSA) is 83.8 Å². The standard InChI is InChI=1S/C11H16O2.CH4O3S/c1-8-4-9(2)6-11(5-8)13-7-10(3)12;1-5(2,3)4/h4-6,10,12H,7H2,1-3H3;1H3,(H,2,3,4). The molecule has 1 aromatic rings. The van der Waals surface area contributed by atoms with Gasteiger partial charge in [0.2, 0.25) is 0 Å². The Hall–Kier alpha value is -1.11. The largest absolute Gasteiger partial charge is 0.491 e. The second-order valence-electron chi connectivity index (χ2n) is 4.22. The Balaban J connectivity index is 0.000000494. The predicted octanol–water partition coefficient (Wildman–Crippen LogP) is 1.57. The fourth-order valence-electron chi connectivity index (χ4n) is 1.23. The summed E-state index contributed by atoms with van der Waals surface area (Å²) in [5.74, 6) is 0.832. The van der Waals surface area contributed by atoms with Crippen molar-refractivity contribution in [3.05, 3.63) is 29.3 Å². The van der Waals surface area contributed by atoms with Gasteiger partial charge in [-0.1, -0.05) is 6.07 Å². The zero-order valence-corrected chi connectivity index (χ0v) is 11.9. The van der Waals surface area contributed by atoms with E-state index in [0.29, 0.717) is 12.9 Å². The lowest BCUT2D eigenvalue weighted by molar-refractivity contribution is 0.122. The summed E-state index contributed by atoms with van der Waals surface area (Å²) in [7, 11) is -3.67. The van der Waals surface area contributed by atoms with Crippen LogP contribution in [0.1, 0.15) is 18.1 Å². The van der Waals surface area contributed by atoms with Crippen LogP contribution in [0.5, 0.6) is 5.75 Å². The lowest BCUT2D eigenvalue weighted by atomic mass is 10.1. The Bertz CT molecular complexity index is 437. The van der Waals surface area contributed by atoms with Crippen molar-refractivity contribution in [2.45, 2.75) is 26.9 Å². The second-order valence-corrected chi connectivity index (χ2v) is 5.68. The van der Waals surface area contributed by atoms with E-state index in [9.17, 15) is 8.42 Å². The molecule has 0 aliphatic carbocycles. The van der Waals surface area contributed by atoms with Gasteiger partial charge < -0.3 is 9.84 Å². The fraction of sp³-hybridized carbons (Fsp3) is 0.500. The van der Waals surface area contributed by atoms with Crippen molar-refractivity contribution in [2.75, 3.05) is 12.9 Å². The number of rotatable bonds is 3. The molecule has 0 radical (unpaired) electrons. The van der Waals surface area contributed by atoms with Gasteiger partial charge >= 0.3 is 0 Å². The van der Waals surface area contributed by atoms with Crippen LogP contribution in [-0.2, 0) is 10.1 Å². The van der Waals surface area contributed by atoms with E-state index in [0.717, 1.165) is 5.75 Å². The molecular formula is C12H20O5S. The first-order valence-corrected chi connectivity index (χ1v) is 7.24. The van der Waals surface area contributed by atoms with Crippen LogP contribution in [0.2, 0.25) is 0 Å². The average Bonchev–Trinajstić information content (AvgIpc) is 2.10. The van der Waals surface area contributed by atoms with Crippen molar-refractivity contribution in [1.82, 2.24) is 0 Å². The van der Waals surface area contributed by atoms with Gasteiger partial charge in [0.05, 0.1) is 12.4 Å². The summed E-state index contributed by atoms with van der Waals surface area (Å²) < 4.78 is 31.2. The second kappa shape index (κ2) is 7.35. The highest BCUT2D eigenvalue weighted by molar-refractivity contribution is 7.85. The molecule has 0 saturated carbocycles. The van der Waals surface area contributed by atoms with E-state index < -0.39 is 16.2 Å². The van der Waals surface area contributed by atoms with E-state index in [4.69, 9.17) is 14.4 Å². The molecule has 5 nitrogen and oxygen atoms in total. The summed E-state index contributed by atoms with van der Waals surface area (Å²) in [6, 6.07) is 6.03. The lowest BCUT2D eigenvalue weighted by Gasteiger charge is -2.09. The summed E-state index contributed by atoms with van der Waals surface area (Å²) in [5.41, 5.74) is 2.36. The number of hydrogen-bond acceptors (Lipinski definition) is 4. The summed E-state index contributed by atoms with van der Waals surface area (Å²) in [6.45, 7) is 6.12. The molecule has 0 aromatic heterocycles. The third-order valence-electron chi connectivity index (χ3n) is 1.69. The first-order valence-electron chi connectivity index (χ1n) is 5.39. The number of ether oxygens (including phenoxy) is 1. The van der Waals surface area contributed by atoms with E-state index >= 15 is 0 Å². The van der Waals surface area contributed by atoms with Gasteiger partial charge in [-0.2, -0.15) is 8.42 Å². The molecule has 0 bridgehead atoms. The van der Waals surface area contributed by atoms with E-state index in [1.807, 2.05) is 26.0 Å². The van der Waals surface area contributed by atoms with Crippen LogP contribution in [0.25, 0.3) is 0 Å². The number of aryl methyl sites for hydroxylation is 2. The van der Waals surface area contributed by atoms with E-state index in [1.165, 1.54) is 11.1 Å². The molecule has 0 aliphatic heterocycles. The van der Waals surface area contributed by atoms with Crippen molar-refractivity contribution in [2.24, 2.45) is 0 Å². The maximum Gasteiger partial charge on any atom is 0.261 e. The zero-order chi connectivity index (χ0) is 14.3. The normalized spacial score (nSPS) is 12.3. The molecule has 0 aliphatic rings. The molecule has 1 unspecified atom stereocenters. The molecule has 0 fully saturated rings. The molecule has 0 heterocycles. The minimum absolute atomic E-state index is 0.350. The smallest absolute Gasteiger partial charge is 0.261 e. The average molecular weight is 276 g/mol. The van der Waals surface area contributed by atoms with Crippen LogP contribution >= 0.6 is 0 Å². The van der Waals surface area contributed by atoms with Gasteiger partial charge in [-0.3, -0.25) is 4.55 Å². The van der Waals surface area contributed by atoms with Gasteiger partial charge in [-0.25, -0.2) is 0 Å². The molecule has 1 aromatic carbocycles. The summed E-state index contributed by atoms with van der Waals surface area (Å²) >= 11 is 0. The minimum atomic E-state index is -3.67. The highest BCUT2D eigenvalue weighted by Crippen LogP contribution is 2.16. The van der Waals surface area contributed by atoms with Crippen molar-refractivity contribution in [3.8, 4) is 5.75 Å². The van der Waals surface area contributed by atoms with Gasteiger partial charge in [0.15, 0.2) is 0 Å². The van der Waals surface area contributed by atoms with Gasteiger partial charge in [0.1, 0.15) is 12.4 Å². The maximum atomic E-state index is 9.19. The minimum Gasteiger partial charge on any atom is -0.491 e. The van der Waals surface area contributed by atoms with Crippen LogP contribution < -0.4 is 4.74 Å². The summed E-state index contributed by atoms with van der Waals surface area (Å²) in [6.07, 6.45) is 0.299. The van der Waals surface area contributed by atoms with Gasteiger partial charge in [0.25, 0.3) is 10.1 Å². The number of benzene rings is 1. The van der Waals surface area contributed by atoms with Crippen molar-refractivity contribution in [1.29, 1.82) is 0 Å².